The number of aryl methyl sites for hydroxylation is 1. The van der Waals surface area contributed by atoms with Crippen LogP contribution in [-0.2, 0) is 12.7 Å². The van der Waals surface area contributed by atoms with Crippen LogP contribution in [-0.4, -0.2) is 25.7 Å². The maximum absolute atomic E-state index is 12.9. The van der Waals surface area contributed by atoms with E-state index in [1.807, 2.05) is 16.8 Å². The third kappa shape index (κ3) is 4.04. The van der Waals surface area contributed by atoms with Gasteiger partial charge in [-0.2, -0.15) is 18.3 Å². The molecule has 6 nitrogen and oxygen atoms in total. The van der Waals surface area contributed by atoms with Gasteiger partial charge in [0.2, 0.25) is 0 Å². The van der Waals surface area contributed by atoms with E-state index in [9.17, 15) is 18.0 Å². The molecule has 3 aromatic rings. The first-order valence-corrected chi connectivity index (χ1v) is 10.3. The molecule has 0 unspecified atom stereocenters. The van der Waals surface area contributed by atoms with Crippen LogP contribution in [0.3, 0.4) is 0 Å². The number of aromatic nitrogens is 4. The fraction of sp³-hybridized carbons (Fsp3) is 0.364. The van der Waals surface area contributed by atoms with E-state index in [2.05, 4.69) is 21.4 Å². The highest BCUT2D eigenvalue weighted by Crippen LogP contribution is 2.40. The van der Waals surface area contributed by atoms with Gasteiger partial charge in [-0.05, 0) is 56.0 Å². The molecule has 1 aliphatic carbocycles. The molecule has 1 fully saturated rings. The molecule has 1 atom stereocenters. The van der Waals surface area contributed by atoms with Gasteiger partial charge < -0.3 is 5.32 Å². The van der Waals surface area contributed by atoms with Crippen LogP contribution in [0.2, 0.25) is 0 Å². The molecule has 1 N–H and O–H groups in total. The molecule has 1 saturated carbocycles. The molecule has 0 radical (unpaired) electrons. The van der Waals surface area contributed by atoms with Crippen molar-refractivity contribution < 1.29 is 18.0 Å². The van der Waals surface area contributed by atoms with Crippen LogP contribution in [0.15, 0.2) is 42.7 Å². The van der Waals surface area contributed by atoms with Crippen LogP contribution in [0.25, 0.3) is 11.3 Å². The Morgan fingerprint density at radius 1 is 1.06 bits per heavy atom. The van der Waals surface area contributed by atoms with Gasteiger partial charge in [-0.1, -0.05) is 0 Å². The van der Waals surface area contributed by atoms with E-state index < -0.39 is 17.8 Å². The monoisotopic (exact) mass is 427 g/mol. The quantitative estimate of drug-likeness (QED) is 0.665. The molecular formula is C22H20F3N5O. The van der Waals surface area contributed by atoms with Gasteiger partial charge in [-0.15, -0.1) is 0 Å². The van der Waals surface area contributed by atoms with Crippen molar-refractivity contribution in [1.82, 2.24) is 25.1 Å². The summed E-state index contributed by atoms with van der Waals surface area (Å²) in [5, 5.41) is 7.56. The van der Waals surface area contributed by atoms with E-state index in [4.69, 9.17) is 5.10 Å². The van der Waals surface area contributed by atoms with Crippen molar-refractivity contribution in [3.05, 3.63) is 65.4 Å². The lowest BCUT2D eigenvalue weighted by atomic mass is 10.0. The van der Waals surface area contributed by atoms with Crippen molar-refractivity contribution in [2.45, 2.75) is 50.4 Å². The molecular weight excluding hydrogens is 407 g/mol. The van der Waals surface area contributed by atoms with Crippen molar-refractivity contribution in [2.24, 2.45) is 0 Å². The Morgan fingerprint density at radius 2 is 1.87 bits per heavy atom. The summed E-state index contributed by atoms with van der Waals surface area (Å²) in [5.41, 5.74) is 2.56. The molecule has 3 aromatic heterocycles. The average molecular weight is 427 g/mol. The predicted octanol–water partition coefficient (Wildman–Crippen LogP) is 4.50. The zero-order valence-electron chi connectivity index (χ0n) is 16.6. The second-order valence-electron chi connectivity index (χ2n) is 8.02. The number of halogens is 3. The number of fused-ring (bicyclic) bond motifs is 1. The highest BCUT2D eigenvalue weighted by atomic mass is 19.4. The van der Waals surface area contributed by atoms with Gasteiger partial charge in [0, 0.05) is 41.7 Å². The van der Waals surface area contributed by atoms with Gasteiger partial charge in [0.05, 0.1) is 17.4 Å². The SMILES string of the molecule is O=C(N[C@H]1CCCn2nc(-c3ccnc(C4CC4)c3)cc21)c1ccnc(C(F)(F)F)c1. The molecule has 1 amide bonds. The molecule has 0 spiro atoms. The van der Waals surface area contributed by atoms with Crippen molar-refractivity contribution in [1.29, 1.82) is 0 Å². The van der Waals surface area contributed by atoms with E-state index >= 15 is 0 Å². The first-order valence-electron chi connectivity index (χ1n) is 10.3. The van der Waals surface area contributed by atoms with E-state index in [1.165, 1.54) is 6.07 Å². The molecule has 0 bridgehead atoms. The summed E-state index contributed by atoms with van der Waals surface area (Å²) in [5.74, 6) is -0.0276. The zero-order chi connectivity index (χ0) is 21.6. The maximum Gasteiger partial charge on any atom is 0.433 e. The molecule has 160 valence electrons. The second-order valence-corrected chi connectivity index (χ2v) is 8.02. The van der Waals surface area contributed by atoms with Crippen LogP contribution in [0.5, 0.6) is 0 Å². The summed E-state index contributed by atoms with van der Waals surface area (Å²) in [4.78, 5) is 20.4. The first kappa shape index (κ1) is 19.7. The molecule has 4 heterocycles. The minimum atomic E-state index is -4.60. The maximum atomic E-state index is 12.9. The van der Waals surface area contributed by atoms with Gasteiger partial charge in [0.25, 0.3) is 5.91 Å². The van der Waals surface area contributed by atoms with Crippen LogP contribution in [0.4, 0.5) is 13.2 Å². The Kier molecular flexibility index (Phi) is 4.75. The molecule has 1 aliphatic heterocycles. The fourth-order valence-electron chi connectivity index (χ4n) is 3.95. The van der Waals surface area contributed by atoms with Crippen molar-refractivity contribution in [2.75, 3.05) is 0 Å². The highest BCUT2D eigenvalue weighted by molar-refractivity contribution is 5.94. The highest BCUT2D eigenvalue weighted by Gasteiger charge is 2.33. The summed E-state index contributed by atoms with van der Waals surface area (Å²) in [7, 11) is 0. The summed E-state index contributed by atoms with van der Waals surface area (Å²) in [6.45, 7) is 0.732. The summed E-state index contributed by atoms with van der Waals surface area (Å²) in [6, 6.07) is 7.67. The lowest BCUT2D eigenvalue weighted by Gasteiger charge is -2.24. The Labute approximate surface area is 176 Å². The number of nitrogens with one attached hydrogen (secondary N) is 1. The third-order valence-corrected chi connectivity index (χ3v) is 5.72. The molecule has 9 heteroatoms. The summed E-state index contributed by atoms with van der Waals surface area (Å²) >= 11 is 0. The Morgan fingerprint density at radius 3 is 2.65 bits per heavy atom. The van der Waals surface area contributed by atoms with Crippen LogP contribution < -0.4 is 5.32 Å². The van der Waals surface area contributed by atoms with Crippen LogP contribution in [0.1, 0.15) is 65.1 Å². The van der Waals surface area contributed by atoms with Gasteiger partial charge in [0.1, 0.15) is 5.69 Å². The number of hydrogen-bond acceptors (Lipinski definition) is 4. The summed E-state index contributed by atoms with van der Waals surface area (Å²) < 4.78 is 40.6. The number of rotatable bonds is 4. The van der Waals surface area contributed by atoms with Crippen molar-refractivity contribution in [3.8, 4) is 11.3 Å². The zero-order valence-corrected chi connectivity index (χ0v) is 16.6. The smallest absolute Gasteiger partial charge is 0.344 e. The van der Waals surface area contributed by atoms with Crippen molar-refractivity contribution >= 4 is 5.91 Å². The normalized spacial score (nSPS) is 18.5. The largest absolute Gasteiger partial charge is 0.433 e. The fourth-order valence-corrected chi connectivity index (χ4v) is 3.95. The minimum absolute atomic E-state index is 0.0672. The first-order chi connectivity index (χ1) is 14.9. The molecule has 5 rings (SSSR count). The predicted molar refractivity (Wildman–Crippen MR) is 106 cm³/mol. The molecule has 0 aromatic carbocycles. The van der Waals surface area contributed by atoms with Crippen molar-refractivity contribution in [3.63, 3.8) is 0 Å². The Balaban J connectivity index is 1.38. The third-order valence-electron chi connectivity index (χ3n) is 5.72. The lowest BCUT2D eigenvalue weighted by molar-refractivity contribution is -0.141. The van der Waals surface area contributed by atoms with E-state index in [0.717, 1.165) is 60.7 Å². The van der Waals surface area contributed by atoms with Crippen LogP contribution >= 0.6 is 0 Å². The van der Waals surface area contributed by atoms with Crippen LogP contribution in [0, 0.1) is 0 Å². The van der Waals surface area contributed by atoms with Gasteiger partial charge in [0.15, 0.2) is 0 Å². The number of pyridine rings is 2. The lowest BCUT2D eigenvalue weighted by Crippen LogP contribution is -2.32. The van der Waals surface area contributed by atoms with Gasteiger partial charge in [-0.3, -0.25) is 19.4 Å². The van der Waals surface area contributed by atoms with E-state index in [0.29, 0.717) is 12.3 Å². The molecule has 2 aliphatic rings. The second kappa shape index (κ2) is 7.47. The number of alkyl halides is 3. The minimum Gasteiger partial charge on any atom is -0.344 e. The Hall–Kier alpha value is -3.23. The van der Waals surface area contributed by atoms with E-state index in [1.54, 1.807) is 6.20 Å². The number of carbonyl (C=O) groups excluding carboxylic acids is 1. The summed E-state index contributed by atoms with van der Waals surface area (Å²) in [6.07, 6.45) is 2.03. The number of carbonyl (C=O) groups is 1. The van der Waals surface area contributed by atoms with E-state index in [-0.39, 0.29) is 11.6 Å². The topological polar surface area (TPSA) is 72.7 Å². The van der Waals surface area contributed by atoms with Gasteiger partial charge in [-0.25, -0.2) is 0 Å². The van der Waals surface area contributed by atoms with Gasteiger partial charge >= 0.3 is 6.18 Å². The Bertz CT molecular complexity index is 1140. The molecule has 0 saturated heterocycles. The standard InChI is InChI=1S/C22H20F3N5O/c23-22(24,25)20-11-15(6-8-27-20)21(31)28-16-2-1-9-30-19(16)12-18(29-30)14-5-7-26-17(10-14)13-3-4-13/h5-8,10-13,16H,1-4,9H2,(H,28,31)/t16-/m0/s1. The number of amides is 1. The number of nitrogens with zero attached hydrogens (tertiary/aromatic N) is 4. The average Bonchev–Trinajstić information content (AvgIpc) is 3.52. The number of hydrogen-bond donors (Lipinski definition) is 1. The molecule has 31 heavy (non-hydrogen) atoms.